The number of amides is 3. The zero-order valence-electron chi connectivity index (χ0n) is 23.9. The van der Waals surface area contributed by atoms with Gasteiger partial charge in [0.15, 0.2) is 0 Å². The van der Waals surface area contributed by atoms with Gasteiger partial charge in [0, 0.05) is 42.0 Å². The summed E-state index contributed by atoms with van der Waals surface area (Å²) in [6, 6.07) is 3.55. The molecule has 15 heteroatoms. The molecule has 44 heavy (non-hydrogen) atoms. The maximum atomic E-state index is 14.3. The lowest BCUT2D eigenvalue weighted by Crippen LogP contribution is -2.64. The minimum atomic E-state index is -5.74. The normalized spacial score (nSPS) is 31.2. The van der Waals surface area contributed by atoms with Crippen LogP contribution < -0.4 is 10.6 Å². The molecule has 11 nitrogen and oxygen atoms in total. The van der Waals surface area contributed by atoms with Crippen molar-refractivity contribution in [3.63, 3.8) is 0 Å². The molecule has 2 aromatic rings. The van der Waals surface area contributed by atoms with Crippen LogP contribution in [-0.2, 0) is 24.6 Å². The lowest BCUT2D eigenvalue weighted by atomic mass is 9.98. The number of halogens is 2. The first-order valence-electron chi connectivity index (χ1n) is 15.1. The molecular formula is C29H35F2N4O7PS. The number of alkyl halides is 2. The first-order chi connectivity index (χ1) is 20.9. The Morgan fingerprint density at radius 2 is 1.80 bits per heavy atom. The molecule has 1 aromatic heterocycles. The zero-order valence-corrected chi connectivity index (χ0v) is 25.6. The molecule has 0 spiro atoms. The number of carbonyl (C=O) groups is 3. The minimum Gasteiger partial charge on any atom is -0.380 e. The van der Waals surface area contributed by atoms with Gasteiger partial charge >= 0.3 is 13.3 Å². The highest BCUT2D eigenvalue weighted by atomic mass is 32.1. The van der Waals surface area contributed by atoms with Gasteiger partial charge in [-0.15, -0.1) is 11.3 Å². The number of thiophene rings is 1. The molecule has 1 aromatic carbocycles. The van der Waals surface area contributed by atoms with Crippen LogP contribution in [0.1, 0.15) is 53.8 Å². The Bertz CT molecular complexity index is 1540. The number of ether oxygens (including phenoxy) is 1. The van der Waals surface area contributed by atoms with Gasteiger partial charge in [-0.25, -0.2) is 0 Å². The summed E-state index contributed by atoms with van der Waals surface area (Å²) in [6.45, 7) is 3.01. The first-order valence-corrected chi connectivity index (χ1v) is 17.5. The number of carbonyl (C=O) groups excluding carboxylic acids is 3. The fourth-order valence-corrected chi connectivity index (χ4v) is 8.82. The molecule has 1 unspecified atom stereocenters. The van der Waals surface area contributed by atoms with E-state index in [0.29, 0.717) is 35.4 Å². The lowest BCUT2D eigenvalue weighted by Gasteiger charge is -2.43. The second-order valence-corrected chi connectivity index (χ2v) is 15.6. The van der Waals surface area contributed by atoms with Gasteiger partial charge in [-0.3, -0.25) is 23.8 Å². The van der Waals surface area contributed by atoms with E-state index < -0.39 is 36.8 Å². The molecule has 5 fully saturated rings. The fraction of sp³-hybridized carbons (Fsp3) is 0.621. The van der Waals surface area contributed by atoms with Crippen molar-refractivity contribution in [1.82, 2.24) is 20.4 Å². The van der Waals surface area contributed by atoms with Crippen molar-refractivity contribution >= 4 is 46.7 Å². The molecule has 4 N–H and O–H groups in total. The number of hydrogen-bond acceptors (Lipinski definition) is 7. The Labute approximate surface area is 256 Å². The lowest BCUT2D eigenvalue weighted by molar-refractivity contribution is -0.143. The molecule has 6 atom stereocenters. The Kier molecular flexibility index (Phi) is 7.61. The third-order valence-corrected chi connectivity index (χ3v) is 12.1. The zero-order chi connectivity index (χ0) is 31.0. The monoisotopic (exact) mass is 652 g/mol. The number of rotatable bonds is 7. The molecule has 5 heterocycles. The van der Waals surface area contributed by atoms with Gasteiger partial charge in [0.2, 0.25) is 11.8 Å². The summed E-state index contributed by atoms with van der Waals surface area (Å²) in [5.74, 6) is -0.190. The Morgan fingerprint density at radius 1 is 1.02 bits per heavy atom. The Hall–Kier alpha value is -2.48. The summed E-state index contributed by atoms with van der Waals surface area (Å²) in [5.41, 5.74) is -5.21. The van der Waals surface area contributed by atoms with Crippen molar-refractivity contribution < 1.29 is 42.3 Å². The maximum absolute atomic E-state index is 14.3. The quantitative estimate of drug-likeness (QED) is 0.334. The summed E-state index contributed by atoms with van der Waals surface area (Å²) >= 11 is 1.04. The predicted molar refractivity (Wildman–Crippen MR) is 156 cm³/mol. The van der Waals surface area contributed by atoms with Gasteiger partial charge < -0.3 is 30.1 Å². The highest BCUT2D eigenvalue weighted by molar-refractivity contribution is 7.52. The topological polar surface area (TPSA) is 149 Å². The van der Waals surface area contributed by atoms with E-state index in [4.69, 9.17) is 14.5 Å². The molecule has 0 radical (unpaired) electrons. The third-order valence-electron chi connectivity index (χ3n) is 9.98. The SMILES string of the molecule is O=C(NC1C[C@@H]2C[C@@H]2C[C@H]2CC[C@@H](C(=O)NC3CN([C@H]4CCOC4)C3)N2C1=O)c1cc2cc(C(F)(F)P(=O)(O)O)ccc2s1. The van der Waals surface area contributed by atoms with Crippen LogP contribution in [0.15, 0.2) is 24.3 Å². The van der Waals surface area contributed by atoms with Crippen LogP contribution in [0.3, 0.4) is 0 Å². The van der Waals surface area contributed by atoms with E-state index >= 15 is 0 Å². The summed E-state index contributed by atoms with van der Waals surface area (Å²) in [4.78, 5) is 63.2. The maximum Gasteiger partial charge on any atom is 0.399 e. The number of likely N-dealkylation sites (tertiary alicyclic amines) is 1. The Morgan fingerprint density at radius 3 is 2.52 bits per heavy atom. The average Bonchev–Trinajstić information content (AvgIpc) is 3.37. The molecule has 4 saturated heterocycles. The van der Waals surface area contributed by atoms with Gasteiger partial charge in [-0.2, -0.15) is 8.78 Å². The Balaban J connectivity index is 1.05. The minimum absolute atomic E-state index is 0.0328. The summed E-state index contributed by atoms with van der Waals surface area (Å²) in [7, 11) is -5.74. The predicted octanol–water partition coefficient (Wildman–Crippen LogP) is 2.61. The van der Waals surface area contributed by atoms with Gasteiger partial charge in [-0.1, -0.05) is 6.07 Å². The summed E-state index contributed by atoms with van der Waals surface area (Å²) in [5, 5.41) is 6.25. The molecule has 0 bridgehead atoms. The van der Waals surface area contributed by atoms with Crippen molar-refractivity contribution in [2.75, 3.05) is 26.3 Å². The molecule has 1 saturated carbocycles. The van der Waals surface area contributed by atoms with Gasteiger partial charge in [0.25, 0.3) is 5.91 Å². The van der Waals surface area contributed by atoms with E-state index in [-0.39, 0.29) is 34.2 Å². The smallest absolute Gasteiger partial charge is 0.380 e. The molecule has 3 amide bonds. The van der Waals surface area contributed by atoms with E-state index in [9.17, 15) is 27.7 Å². The fourth-order valence-electron chi connectivity index (χ4n) is 7.40. The second-order valence-electron chi connectivity index (χ2n) is 12.9. The molecule has 7 rings (SSSR count). The number of fused-ring (bicyclic) bond motifs is 3. The van der Waals surface area contributed by atoms with Crippen molar-refractivity contribution in [3.8, 4) is 0 Å². The van der Waals surface area contributed by atoms with Gasteiger partial charge in [0.05, 0.1) is 17.5 Å². The molecule has 238 valence electrons. The summed E-state index contributed by atoms with van der Waals surface area (Å²) < 4.78 is 45.8. The van der Waals surface area contributed by atoms with E-state index in [0.717, 1.165) is 75.5 Å². The molecular weight excluding hydrogens is 617 g/mol. The van der Waals surface area contributed by atoms with E-state index in [1.54, 1.807) is 4.90 Å². The number of nitrogens with zero attached hydrogens (tertiary/aromatic N) is 2. The molecule has 4 aliphatic heterocycles. The summed E-state index contributed by atoms with van der Waals surface area (Å²) in [6.07, 6.45) is 4.61. The van der Waals surface area contributed by atoms with Crippen LogP contribution in [0.2, 0.25) is 0 Å². The molecule has 5 aliphatic rings. The van der Waals surface area contributed by atoms with Crippen LogP contribution in [0.5, 0.6) is 0 Å². The molecule has 1 aliphatic carbocycles. The van der Waals surface area contributed by atoms with E-state index in [1.807, 2.05) is 0 Å². The second kappa shape index (κ2) is 11.1. The number of benzene rings is 1. The average molecular weight is 653 g/mol. The largest absolute Gasteiger partial charge is 0.399 e. The van der Waals surface area contributed by atoms with Crippen LogP contribution in [0.4, 0.5) is 8.78 Å². The van der Waals surface area contributed by atoms with E-state index in [2.05, 4.69) is 15.5 Å². The number of hydrogen-bond donors (Lipinski definition) is 4. The third kappa shape index (κ3) is 5.47. The highest BCUT2D eigenvalue weighted by Crippen LogP contribution is 2.59. The van der Waals surface area contributed by atoms with Crippen LogP contribution in [0, 0.1) is 11.8 Å². The van der Waals surface area contributed by atoms with Crippen LogP contribution >= 0.6 is 18.9 Å². The van der Waals surface area contributed by atoms with Crippen molar-refractivity contribution in [1.29, 1.82) is 0 Å². The first kappa shape index (κ1) is 30.2. The van der Waals surface area contributed by atoms with Crippen molar-refractivity contribution in [3.05, 3.63) is 34.7 Å². The van der Waals surface area contributed by atoms with E-state index in [1.165, 1.54) is 12.1 Å². The number of nitrogens with one attached hydrogen (secondary N) is 2. The van der Waals surface area contributed by atoms with Crippen LogP contribution in [0.25, 0.3) is 10.1 Å². The van der Waals surface area contributed by atoms with Crippen LogP contribution in [-0.4, -0.2) is 93.8 Å². The standard InChI is InChI=1S/C29H35F2N4O7PS/c30-29(31,43(39,40)41)18-1-4-24-17(8-18)11-25(44-24)27(37)33-22-10-16-7-15(16)9-20-2-3-23(35(20)28(22)38)26(36)32-19-12-34(13-19)21-5-6-42-14-21/h1,4,8,11,15-16,19-23H,2-3,5-7,9-10,12-14H2,(H,32,36)(H,33,37)(H2,39,40,41)/t15-,16+,20-,21+,22?,23+/m1/s1. The van der Waals surface area contributed by atoms with Crippen molar-refractivity contribution in [2.45, 2.75) is 74.4 Å². The van der Waals surface area contributed by atoms with Gasteiger partial charge in [0.1, 0.15) is 12.1 Å². The van der Waals surface area contributed by atoms with Gasteiger partial charge in [-0.05, 0) is 73.9 Å². The highest BCUT2D eigenvalue weighted by Gasteiger charge is 2.52. The van der Waals surface area contributed by atoms with Crippen molar-refractivity contribution in [2.24, 2.45) is 11.8 Å².